The second kappa shape index (κ2) is 7.13. The van der Waals surface area contributed by atoms with Crippen molar-refractivity contribution in [1.29, 1.82) is 0 Å². The molecule has 0 bridgehead atoms. The van der Waals surface area contributed by atoms with E-state index in [1.165, 1.54) is 19.2 Å². The van der Waals surface area contributed by atoms with Crippen LogP contribution in [0.4, 0.5) is 10.1 Å². The van der Waals surface area contributed by atoms with Gasteiger partial charge in [0.05, 0.1) is 18.4 Å². The van der Waals surface area contributed by atoms with Crippen LogP contribution in [0.25, 0.3) is 0 Å². The van der Waals surface area contributed by atoms with Crippen LogP contribution in [0.3, 0.4) is 0 Å². The summed E-state index contributed by atoms with van der Waals surface area (Å²) in [5.41, 5.74) is 2.48. The van der Waals surface area contributed by atoms with Crippen LogP contribution in [0.15, 0.2) is 42.7 Å². The second-order valence-corrected chi connectivity index (χ2v) is 5.15. The molecule has 0 N–H and O–H groups in total. The highest BCUT2D eigenvalue weighted by molar-refractivity contribution is 5.96. The molecule has 0 aliphatic heterocycles. The molecular weight excluding hydrogens is 283 g/mol. The fourth-order valence-electron chi connectivity index (χ4n) is 2.08. The molecule has 4 nitrogen and oxygen atoms in total. The van der Waals surface area contributed by atoms with Crippen molar-refractivity contribution >= 4 is 11.6 Å². The highest BCUT2D eigenvalue weighted by Gasteiger charge is 2.22. The van der Waals surface area contributed by atoms with Crippen molar-refractivity contribution in [3.05, 3.63) is 59.7 Å². The van der Waals surface area contributed by atoms with Crippen LogP contribution < -0.4 is 4.90 Å². The van der Waals surface area contributed by atoms with Gasteiger partial charge in [0.1, 0.15) is 11.9 Å². The summed E-state index contributed by atoms with van der Waals surface area (Å²) >= 11 is 0. The molecule has 2 aromatic rings. The van der Waals surface area contributed by atoms with E-state index < -0.39 is 6.10 Å². The maximum atomic E-state index is 13.0. The standard InChI is InChI=1S/C17H19FN2O2/c1-12-8-16(10-19-9-12)20(17(21)13(2)22-3)11-14-4-6-15(18)7-5-14/h4-10,13H,11H2,1-3H3. The summed E-state index contributed by atoms with van der Waals surface area (Å²) in [6, 6.07) is 7.97. The minimum Gasteiger partial charge on any atom is -0.372 e. The van der Waals surface area contributed by atoms with Crippen molar-refractivity contribution in [2.45, 2.75) is 26.5 Å². The Labute approximate surface area is 129 Å². The molecule has 1 aromatic heterocycles. The zero-order valence-corrected chi connectivity index (χ0v) is 12.9. The Balaban J connectivity index is 2.32. The molecule has 1 amide bonds. The first-order valence-electron chi connectivity index (χ1n) is 7.01. The van der Waals surface area contributed by atoms with Crippen LogP contribution in [-0.2, 0) is 16.1 Å². The van der Waals surface area contributed by atoms with Gasteiger partial charge in [-0.15, -0.1) is 0 Å². The van der Waals surface area contributed by atoms with Crippen LogP contribution in [0.1, 0.15) is 18.1 Å². The largest absolute Gasteiger partial charge is 0.372 e. The van der Waals surface area contributed by atoms with Gasteiger partial charge in [-0.3, -0.25) is 9.78 Å². The average Bonchev–Trinajstić information content (AvgIpc) is 2.53. The molecule has 5 heteroatoms. The van der Waals surface area contributed by atoms with Crippen molar-refractivity contribution in [2.24, 2.45) is 0 Å². The molecule has 1 atom stereocenters. The topological polar surface area (TPSA) is 42.4 Å². The number of carbonyl (C=O) groups excluding carboxylic acids is 1. The van der Waals surface area contributed by atoms with Crippen LogP contribution in [0.2, 0.25) is 0 Å². The SMILES string of the molecule is COC(C)C(=O)N(Cc1ccc(F)cc1)c1cncc(C)c1. The van der Waals surface area contributed by atoms with E-state index in [1.54, 1.807) is 36.4 Å². The maximum Gasteiger partial charge on any atom is 0.256 e. The molecule has 0 spiro atoms. The minimum atomic E-state index is -0.569. The Kier molecular flexibility index (Phi) is 5.22. The average molecular weight is 302 g/mol. The molecule has 1 aromatic carbocycles. The first kappa shape index (κ1) is 16.1. The lowest BCUT2D eigenvalue weighted by molar-refractivity contribution is -0.127. The number of halogens is 1. The summed E-state index contributed by atoms with van der Waals surface area (Å²) in [5, 5.41) is 0. The van der Waals surface area contributed by atoms with Crippen LogP contribution in [0, 0.1) is 12.7 Å². The summed E-state index contributed by atoms with van der Waals surface area (Å²) in [7, 11) is 1.49. The number of pyridine rings is 1. The summed E-state index contributed by atoms with van der Waals surface area (Å²) in [6.07, 6.45) is 2.79. The lowest BCUT2D eigenvalue weighted by Crippen LogP contribution is -2.38. The Hall–Kier alpha value is -2.27. The second-order valence-electron chi connectivity index (χ2n) is 5.15. The Morgan fingerprint density at radius 3 is 2.59 bits per heavy atom. The lowest BCUT2D eigenvalue weighted by Gasteiger charge is -2.25. The third-order valence-corrected chi connectivity index (χ3v) is 3.39. The number of hydrogen-bond donors (Lipinski definition) is 0. The summed E-state index contributed by atoms with van der Waals surface area (Å²) < 4.78 is 18.2. The van der Waals surface area contributed by atoms with E-state index in [9.17, 15) is 9.18 Å². The number of aryl methyl sites for hydroxylation is 1. The molecule has 0 saturated carbocycles. The van der Waals surface area contributed by atoms with Crippen molar-refractivity contribution in [3.63, 3.8) is 0 Å². The lowest BCUT2D eigenvalue weighted by atomic mass is 10.1. The number of carbonyl (C=O) groups is 1. The highest BCUT2D eigenvalue weighted by atomic mass is 19.1. The van der Waals surface area contributed by atoms with Crippen LogP contribution in [0.5, 0.6) is 0 Å². The third kappa shape index (κ3) is 3.89. The fraction of sp³-hybridized carbons (Fsp3) is 0.294. The van der Waals surface area contributed by atoms with E-state index >= 15 is 0 Å². The number of anilines is 1. The van der Waals surface area contributed by atoms with E-state index in [1.807, 2.05) is 13.0 Å². The van der Waals surface area contributed by atoms with E-state index in [0.717, 1.165) is 11.1 Å². The van der Waals surface area contributed by atoms with E-state index in [-0.39, 0.29) is 11.7 Å². The molecule has 0 radical (unpaired) electrons. The van der Waals surface area contributed by atoms with Gasteiger partial charge in [-0.1, -0.05) is 12.1 Å². The summed E-state index contributed by atoms with van der Waals surface area (Å²) in [5.74, 6) is -0.469. The van der Waals surface area contributed by atoms with Gasteiger partial charge in [0, 0.05) is 13.3 Å². The monoisotopic (exact) mass is 302 g/mol. The maximum absolute atomic E-state index is 13.0. The van der Waals surface area contributed by atoms with Gasteiger partial charge >= 0.3 is 0 Å². The zero-order chi connectivity index (χ0) is 16.1. The van der Waals surface area contributed by atoms with Crippen molar-refractivity contribution in [2.75, 3.05) is 12.0 Å². The number of aromatic nitrogens is 1. The van der Waals surface area contributed by atoms with E-state index in [4.69, 9.17) is 4.74 Å². The zero-order valence-electron chi connectivity index (χ0n) is 12.9. The summed E-state index contributed by atoms with van der Waals surface area (Å²) in [4.78, 5) is 18.3. The molecule has 0 fully saturated rings. The number of hydrogen-bond acceptors (Lipinski definition) is 3. The molecule has 22 heavy (non-hydrogen) atoms. The molecule has 0 aliphatic carbocycles. The van der Waals surface area contributed by atoms with Crippen LogP contribution in [-0.4, -0.2) is 24.1 Å². The summed E-state index contributed by atoms with van der Waals surface area (Å²) in [6.45, 7) is 3.94. The number of rotatable bonds is 5. The number of amides is 1. The van der Waals surface area contributed by atoms with Gasteiger partial charge in [-0.25, -0.2) is 4.39 Å². The fourth-order valence-corrected chi connectivity index (χ4v) is 2.08. The molecule has 1 heterocycles. The smallest absolute Gasteiger partial charge is 0.256 e. The van der Waals surface area contributed by atoms with Crippen molar-refractivity contribution in [3.8, 4) is 0 Å². The van der Waals surface area contributed by atoms with Crippen molar-refractivity contribution in [1.82, 2.24) is 4.98 Å². The first-order chi connectivity index (χ1) is 10.5. The first-order valence-corrected chi connectivity index (χ1v) is 7.01. The molecule has 116 valence electrons. The van der Waals surface area contributed by atoms with Crippen molar-refractivity contribution < 1.29 is 13.9 Å². The van der Waals surface area contributed by atoms with Gasteiger partial charge in [0.2, 0.25) is 0 Å². The minimum absolute atomic E-state index is 0.167. The van der Waals surface area contributed by atoms with Gasteiger partial charge in [0.25, 0.3) is 5.91 Å². The molecule has 0 saturated heterocycles. The quantitative estimate of drug-likeness (QED) is 0.852. The Morgan fingerprint density at radius 1 is 1.32 bits per heavy atom. The number of benzene rings is 1. The van der Waals surface area contributed by atoms with Gasteiger partial charge in [0.15, 0.2) is 0 Å². The molecule has 1 unspecified atom stereocenters. The van der Waals surface area contributed by atoms with Gasteiger partial charge < -0.3 is 9.64 Å². The number of ether oxygens (including phenoxy) is 1. The third-order valence-electron chi connectivity index (χ3n) is 3.39. The predicted molar refractivity (Wildman–Crippen MR) is 83.0 cm³/mol. The van der Waals surface area contributed by atoms with Crippen LogP contribution >= 0.6 is 0 Å². The number of methoxy groups -OCH3 is 1. The van der Waals surface area contributed by atoms with Gasteiger partial charge in [-0.05, 0) is 43.2 Å². The van der Waals surface area contributed by atoms with E-state index in [2.05, 4.69) is 4.98 Å². The molecule has 0 aliphatic rings. The van der Waals surface area contributed by atoms with Gasteiger partial charge in [-0.2, -0.15) is 0 Å². The highest BCUT2D eigenvalue weighted by Crippen LogP contribution is 2.19. The normalized spacial score (nSPS) is 12.0. The Morgan fingerprint density at radius 2 is 2.00 bits per heavy atom. The number of nitrogens with zero attached hydrogens (tertiary/aromatic N) is 2. The predicted octanol–water partition coefficient (Wildman–Crippen LogP) is 3.10. The molecule has 2 rings (SSSR count). The van der Waals surface area contributed by atoms with E-state index in [0.29, 0.717) is 12.2 Å². The molecular formula is C17H19FN2O2. The Bertz CT molecular complexity index is 643.